The van der Waals surface area contributed by atoms with Gasteiger partial charge in [-0.2, -0.15) is 0 Å². The largest absolute Gasteiger partial charge is 0.364 e. The Morgan fingerprint density at radius 3 is 2.59 bits per heavy atom. The molecule has 3 nitrogen and oxygen atoms in total. The lowest BCUT2D eigenvalue weighted by Gasteiger charge is -2.25. The molecule has 0 aromatic carbocycles. The van der Waals surface area contributed by atoms with E-state index < -0.39 is 0 Å². The number of rotatable bonds is 6. The highest BCUT2D eigenvalue weighted by atomic mass is 16.5. The van der Waals surface area contributed by atoms with E-state index in [1.54, 1.807) is 6.08 Å². The number of carbonyl (C=O) groups excluding carboxylic acids is 1. The van der Waals surface area contributed by atoms with Crippen LogP contribution >= 0.6 is 0 Å². The Morgan fingerprint density at radius 1 is 1.59 bits per heavy atom. The standard InChI is InChI=1S/C14H25NO2/c1-6-7-17-12(9-11-8-10(11)2)13(16)15-14(3,4)5/h6,10-12H,1,7-9H2,2-5H3,(H,15,16). The van der Waals surface area contributed by atoms with Gasteiger partial charge in [0.05, 0.1) is 6.61 Å². The van der Waals surface area contributed by atoms with Crippen molar-refractivity contribution in [2.45, 2.75) is 52.2 Å². The molecular weight excluding hydrogens is 214 g/mol. The lowest BCUT2D eigenvalue weighted by atomic mass is 10.1. The summed E-state index contributed by atoms with van der Waals surface area (Å²) in [4.78, 5) is 12.1. The zero-order valence-electron chi connectivity index (χ0n) is 11.5. The molecule has 0 saturated heterocycles. The third-order valence-electron chi connectivity index (χ3n) is 3.00. The second kappa shape index (κ2) is 5.67. The highest BCUT2D eigenvalue weighted by molar-refractivity contribution is 5.81. The molecule has 1 aliphatic rings. The Labute approximate surface area is 105 Å². The minimum absolute atomic E-state index is 0.00144. The van der Waals surface area contributed by atoms with Crippen molar-refractivity contribution in [2.24, 2.45) is 11.8 Å². The molecule has 0 aliphatic heterocycles. The SMILES string of the molecule is C=CCOC(CC1CC1C)C(=O)NC(C)(C)C. The molecule has 98 valence electrons. The third kappa shape index (κ3) is 5.35. The monoisotopic (exact) mass is 239 g/mol. The summed E-state index contributed by atoms with van der Waals surface area (Å²) in [6.45, 7) is 12.2. The van der Waals surface area contributed by atoms with Gasteiger partial charge in [0, 0.05) is 5.54 Å². The summed E-state index contributed by atoms with van der Waals surface area (Å²) in [7, 11) is 0. The van der Waals surface area contributed by atoms with E-state index >= 15 is 0 Å². The Kier molecular flexibility index (Phi) is 4.75. The van der Waals surface area contributed by atoms with Crippen LogP contribution in [-0.2, 0) is 9.53 Å². The molecule has 1 fully saturated rings. The van der Waals surface area contributed by atoms with Crippen LogP contribution in [0.5, 0.6) is 0 Å². The molecule has 0 aromatic rings. The molecule has 1 aliphatic carbocycles. The summed E-state index contributed by atoms with van der Waals surface area (Å²) in [5.74, 6) is 1.39. The van der Waals surface area contributed by atoms with Crippen molar-refractivity contribution in [1.82, 2.24) is 5.32 Å². The van der Waals surface area contributed by atoms with Crippen LogP contribution in [0.1, 0.15) is 40.5 Å². The average Bonchev–Trinajstić information content (AvgIpc) is 2.86. The fourth-order valence-electron chi connectivity index (χ4n) is 1.89. The maximum Gasteiger partial charge on any atom is 0.249 e. The van der Waals surface area contributed by atoms with Gasteiger partial charge in [-0.15, -0.1) is 6.58 Å². The number of nitrogens with one attached hydrogen (secondary N) is 1. The summed E-state index contributed by atoms with van der Waals surface area (Å²) in [6.07, 6.45) is 3.41. The zero-order valence-corrected chi connectivity index (χ0v) is 11.5. The molecule has 1 N–H and O–H groups in total. The van der Waals surface area contributed by atoms with Crippen LogP contribution in [-0.4, -0.2) is 24.2 Å². The van der Waals surface area contributed by atoms with Gasteiger partial charge in [0.15, 0.2) is 0 Å². The third-order valence-corrected chi connectivity index (χ3v) is 3.00. The molecular formula is C14H25NO2. The first-order chi connectivity index (χ1) is 7.83. The van der Waals surface area contributed by atoms with Gasteiger partial charge in [-0.3, -0.25) is 4.79 Å². The summed E-state index contributed by atoms with van der Waals surface area (Å²) in [6, 6.07) is 0. The number of hydrogen-bond acceptors (Lipinski definition) is 2. The maximum absolute atomic E-state index is 12.1. The lowest BCUT2D eigenvalue weighted by molar-refractivity contribution is -0.134. The van der Waals surface area contributed by atoms with E-state index in [1.165, 1.54) is 6.42 Å². The molecule has 3 atom stereocenters. The van der Waals surface area contributed by atoms with Crippen LogP contribution in [0.3, 0.4) is 0 Å². The van der Waals surface area contributed by atoms with Crippen LogP contribution in [0.4, 0.5) is 0 Å². The fraction of sp³-hybridized carbons (Fsp3) is 0.786. The van der Waals surface area contributed by atoms with Crippen LogP contribution in [0.25, 0.3) is 0 Å². The van der Waals surface area contributed by atoms with E-state index in [4.69, 9.17) is 4.74 Å². The minimum atomic E-state index is -0.331. The first-order valence-electron chi connectivity index (χ1n) is 6.38. The van der Waals surface area contributed by atoms with Gasteiger partial charge in [-0.1, -0.05) is 13.0 Å². The van der Waals surface area contributed by atoms with E-state index in [1.807, 2.05) is 20.8 Å². The smallest absolute Gasteiger partial charge is 0.249 e. The highest BCUT2D eigenvalue weighted by Gasteiger charge is 2.37. The van der Waals surface area contributed by atoms with Crippen molar-refractivity contribution in [3.05, 3.63) is 12.7 Å². The molecule has 0 spiro atoms. The zero-order chi connectivity index (χ0) is 13.1. The van der Waals surface area contributed by atoms with Crippen molar-refractivity contribution in [1.29, 1.82) is 0 Å². The Hall–Kier alpha value is -0.830. The van der Waals surface area contributed by atoms with Gasteiger partial charge in [0.2, 0.25) is 5.91 Å². The van der Waals surface area contributed by atoms with Gasteiger partial charge in [-0.05, 0) is 45.4 Å². The van der Waals surface area contributed by atoms with Crippen molar-refractivity contribution in [3.8, 4) is 0 Å². The van der Waals surface area contributed by atoms with Crippen LogP contribution in [0, 0.1) is 11.8 Å². The van der Waals surface area contributed by atoms with Gasteiger partial charge in [0.1, 0.15) is 6.10 Å². The molecule has 0 radical (unpaired) electrons. The van der Waals surface area contributed by atoms with Crippen molar-refractivity contribution < 1.29 is 9.53 Å². The summed E-state index contributed by atoms with van der Waals surface area (Å²) < 4.78 is 5.57. The van der Waals surface area contributed by atoms with Crippen LogP contribution in [0.2, 0.25) is 0 Å². The predicted molar refractivity (Wildman–Crippen MR) is 69.7 cm³/mol. The number of amides is 1. The summed E-state index contributed by atoms with van der Waals surface area (Å²) in [5.41, 5.74) is -0.206. The van der Waals surface area contributed by atoms with Gasteiger partial charge >= 0.3 is 0 Å². The summed E-state index contributed by atoms with van der Waals surface area (Å²) in [5, 5.41) is 2.98. The van der Waals surface area contributed by atoms with Crippen molar-refractivity contribution in [3.63, 3.8) is 0 Å². The topological polar surface area (TPSA) is 38.3 Å². The van der Waals surface area contributed by atoms with E-state index in [0.29, 0.717) is 12.5 Å². The Morgan fingerprint density at radius 2 is 2.18 bits per heavy atom. The average molecular weight is 239 g/mol. The number of ether oxygens (including phenoxy) is 1. The van der Waals surface area contributed by atoms with Gasteiger partial charge < -0.3 is 10.1 Å². The number of carbonyl (C=O) groups is 1. The Balaban J connectivity index is 2.48. The molecule has 1 rings (SSSR count). The molecule has 0 bridgehead atoms. The molecule has 1 saturated carbocycles. The van der Waals surface area contributed by atoms with Crippen LogP contribution in [0.15, 0.2) is 12.7 Å². The first kappa shape index (κ1) is 14.2. The van der Waals surface area contributed by atoms with Gasteiger partial charge in [0.25, 0.3) is 0 Å². The van der Waals surface area contributed by atoms with E-state index in [9.17, 15) is 4.79 Å². The molecule has 0 heterocycles. The fourth-order valence-corrected chi connectivity index (χ4v) is 1.89. The minimum Gasteiger partial charge on any atom is -0.364 e. The van der Waals surface area contributed by atoms with Crippen molar-refractivity contribution in [2.75, 3.05) is 6.61 Å². The molecule has 0 aromatic heterocycles. The molecule has 3 heteroatoms. The van der Waals surface area contributed by atoms with E-state index in [2.05, 4.69) is 18.8 Å². The predicted octanol–water partition coefficient (Wildman–Crippen LogP) is 2.52. The van der Waals surface area contributed by atoms with Gasteiger partial charge in [-0.25, -0.2) is 0 Å². The second-order valence-electron chi connectivity index (χ2n) is 6.06. The molecule has 17 heavy (non-hydrogen) atoms. The molecule has 1 amide bonds. The normalized spacial score (nSPS) is 25.2. The van der Waals surface area contributed by atoms with Crippen molar-refractivity contribution >= 4 is 5.91 Å². The first-order valence-corrected chi connectivity index (χ1v) is 6.38. The highest BCUT2D eigenvalue weighted by Crippen LogP contribution is 2.41. The van der Waals surface area contributed by atoms with E-state index in [-0.39, 0.29) is 17.6 Å². The maximum atomic E-state index is 12.1. The van der Waals surface area contributed by atoms with Crippen LogP contribution < -0.4 is 5.32 Å². The second-order valence-corrected chi connectivity index (χ2v) is 6.06. The number of hydrogen-bond donors (Lipinski definition) is 1. The summed E-state index contributed by atoms with van der Waals surface area (Å²) >= 11 is 0. The van der Waals surface area contributed by atoms with E-state index in [0.717, 1.165) is 12.3 Å². The molecule has 3 unspecified atom stereocenters. The Bertz CT molecular complexity index is 280. The quantitative estimate of drug-likeness (QED) is 0.723. The lowest BCUT2D eigenvalue weighted by Crippen LogP contribution is -2.47.